The molecule has 0 amide bonds. The first-order chi connectivity index (χ1) is 8.56. The summed E-state index contributed by atoms with van der Waals surface area (Å²) >= 11 is 5.97. The van der Waals surface area contributed by atoms with E-state index in [9.17, 15) is 4.39 Å². The molecule has 1 atom stereocenters. The average molecular weight is 268 g/mol. The first-order valence-electron chi connectivity index (χ1n) is 5.73. The van der Waals surface area contributed by atoms with E-state index < -0.39 is 0 Å². The monoisotopic (exact) mass is 267 g/mol. The van der Waals surface area contributed by atoms with E-state index in [1.165, 1.54) is 6.07 Å². The standard InChI is InChI=1S/C13H15ClFN3/c1-18-6-5-10(17-18)7-9(16)8-11-12(14)3-2-4-13(11)15/h2-6,9H,7-8,16H2,1H3. The predicted octanol–water partition coefficient (Wildman–Crippen LogP) is 2.33. The topological polar surface area (TPSA) is 43.8 Å². The molecule has 1 heterocycles. The lowest BCUT2D eigenvalue weighted by Crippen LogP contribution is -2.26. The Balaban J connectivity index is 2.05. The van der Waals surface area contributed by atoms with Crippen LogP contribution in [0.15, 0.2) is 30.5 Å². The summed E-state index contributed by atoms with van der Waals surface area (Å²) in [6.07, 6.45) is 2.87. The van der Waals surface area contributed by atoms with Gasteiger partial charge in [-0.3, -0.25) is 4.68 Å². The Labute approximate surface area is 110 Å². The summed E-state index contributed by atoms with van der Waals surface area (Å²) in [5, 5.41) is 4.67. The number of benzene rings is 1. The van der Waals surface area contributed by atoms with Crippen molar-refractivity contribution in [2.45, 2.75) is 18.9 Å². The van der Waals surface area contributed by atoms with Crippen LogP contribution in [-0.4, -0.2) is 15.8 Å². The normalized spacial score (nSPS) is 12.7. The molecule has 0 saturated carbocycles. The molecule has 0 saturated heterocycles. The Bertz CT molecular complexity index is 519. The Kier molecular flexibility index (Phi) is 3.99. The minimum atomic E-state index is -0.307. The molecule has 0 aliphatic heterocycles. The number of aryl methyl sites for hydroxylation is 1. The maximum atomic E-state index is 13.6. The number of hydrogen-bond acceptors (Lipinski definition) is 2. The van der Waals surface area contributed by atoms with Crippen molar-refractivity contribution in [1.82, 2.24) is 9.78 Å². The van der Waals surface area contributed by atoms with E-state index in [1.54, 1.807) is 16.8 Å². The fourth-order valence-electron chi connectivity index (χ4n) is 1.90. The Morgan fingerprint density at radius 3 is 2.78 bits per heavy atom. The molecule has 3 nitrogen and oxygen atoms in total. The van der Waals surface area contributed by atoms with Crippen LogP contribution in [0.3, 0.4) is 0 Å². The minimum Gasteiger partial charge on any atom is -0.327 e. The molecular weight excluding hydrogens is 253 g/mol. The van der Waals surface area contributed by atoms with Crippen LogP contribution in [0, 0.1) is 5.82 Å². The second-order valence-electron chi connectivity index (χ2n) is 4.35. The second kappa shape index (κ2) is 5.50. The first-order valence-corrected chi connectivity index (χ1v) is 6.11. The van der Waals surface area contributed by atoms with Crippen molar-refractivity contribution in [3.05, 3.63) is 52.6 Å². The fraction of sp³-hybridized carbons (Fsp3) is 0.308. The van der Waals surface area contributed by atoms with Crippen LogP contribution in [0.5, 0.6) is 0 Å². The molecular formula is C13H15ClFN3. The minimum absolute atomic E-state index is 0.200. The molecule has 5 heteroatoms. The molecule has 0 aliphatic rings. The molecule has 1 aromatic carbocycles. The molecule has 0 radical (unpaired) electrons. The smallest absolute Gasteiger partial charge is 0.127 e. The third-order valence-corrected chi connectivity index (χ3v) is 3.12. The Morgan fingerprint density at radius 1 is 1.39 bits per heavy atom. The largest absolute Gasteiger partial charge is 0.327 e. The van der Waals surface area contributed by atoms with Crippen LogP contribution >= 0.6 is 11.6 Å². The van der Waals surface area contributed by atoms with Gasteiger partial charge in [0, 0.05) is 36.3 Å². The van der Waals surface area contributed by atoms with Gasteiger partial charge in [-0.2, -0.15) is 5.10 Å². The van der Waals surface area contributed by atoms with Gasteiger partial charge in [0.1, 0.15) is 5.82 Å². The van der Waals surface area contributed by atoms with Gasteiger partial charge in [-0.15, -0.1) is 0 Å². The van der Waals surface area contributed by atoms with Crippen molar-refractivity contribution >= 4 is 11.6 Å². The zero-order chi connectivity index (χ0) is 13.1. The van der Waals surface area contributed by atoms with E-state index in [0.29, 0.717) is 23.4 Å². The number of nitrogens with zero attached hydrogens (tertiary/aromatic N) is 2. The summed E-state index contributed by atoms with van der Waals surface area (Å²) < 4.78 is 15.3. The van der Waals surface area contributed by atoms with Crippen LogP contribution in [0.2, 0.25) is 5.02 Å². The third-order valence-electron chi connectivity index (χ3n) is 2.77. The van der Waals surface area contributed by atoms with Gasteiger partial charge in [-0.05, 0) is 24.6 Å². The molecule has 96 valence electrons. The average Bonchev–Trinajstić information content (AvgIpc) is 2.69. The second-order valence-corrected chi connectivity index (χ2v) is 4.76. The highest BCUT2D eigenvalue weighted by Crippen LogP contribution is 2.20. The summed E-state index contributed by atoms with van der Waals surface area (Å²) in [5.41, 5.74) is 7.39. The maximum absolute atomic E-state index is 13.6. The predicted molar refractivity (Wildman–Crippen MR) is 70.0 cm³/mol. The molecule has 18 heavy (non-hydrogen) atoms. The first kappa shape index (κ1) is 13.1. The highest BCUT2D eigenvalue weighted by molar-refractivity contribution is 6.31. The van der Waals surface area contributed by atoms with Gasteiger partial charge in [-0.25, -0.2) is 4.39 Å². The number of rotatable bonds is 4. The van der Waals surface area contributed by atoms with Crippen LogP contribution in [0.4, 0.5) is 4.39 Å². The molecule has 0 fully saturated rings. The molecule has 2 rings (SSSR count). The van der Waals surface area contributed by atoms with Gasteiger partial charge < -0.3 is 5.73 Å². The van der Waals surface area contributed by atoms with Gasteiger partial charge in [0.2, 0.25) is 0 Å². The van der Waals surface area contributed by atoms with Crippen molar-refractivity contribution in [2.75, 3.05) is 0 Å². The van der Waals surface area contributed by atoms with E-state index >= 15 is 0 Å². The Hall–Kier alpha value is -1.39. The molecule has 1 aromatic heterocycles. The van der Waals surface area contributed by atoms with Gasteiger partial charge in [0.25, 0.3) is 0 Å². The highest BCUT2D eigenvalue weighted by atomic mass is 35.5. The summed E-state index contributed by atoms with van der Waals surface area (Å²) in [7, 11) is 1.85. The molecule has 1 unspecified atom stereocenters. The highest BCUT2D eigenvalue weighted by Gasteiger charge is 2.13. The van der Waals surface area contributed by atoms with Gasteiger partial charge in [-0.1, -0.05) is 17.7 Å². The summed E-state index contributed by atoms with van der Waals surface area (Å²) in [6.45, 7) is 0. The number of hydrogen-bond donors (Lipinski definition) is 1. The summed E-state index contributed by atoms with van der Waals surface area (Å²) in [4.78, 5) is 0. The zero-order valence-electron chi connectivity index (χ0n) is 10.1. The van der Waals surface area contributed by atoms with E-state index in [4.69, 9.17) is 17.3 Å². The summed E-state index contributed by atoms with van der Waals surface area (Å²) in [6, 6.07) is 6.37. The molecule has 0 aliphatic carbocycles. The quantitative estimate of drug-likeness (QED) is 0.924. The number of aromatic nitrogens is 2. The van der Waals surface area contributed by atoms with Crippen molar-refractivity contribution in [2.24, 2.45) is 12.8 Å². The van der Waals surface area contributed by atoms with Crippen LogP contribution in [0.1, 0.15) is 11.3 Å². The van der Waals surface area contributed by atoms with Crippen molar-refractivity contribution in [3.8, 4) is 0 Å². The lowest BCUT2D eigenvalue weighted by Gasteiger charge is -2.12. The van der Waals surface area contributed by atoms with Crippen molar-refractivity contribution in [1.29, 1.82) is 0 Å². The molecule has 2 aromatic rings. The lowest BCUT2D eigenvalue weighted by molar-refractivity contribution is 0.579. The van der Waals surface area contributed by atoms with Crippen LogP contribution < -0.4 is 5.73 Å². The van der Waals surface area contributed by atoms with E-state index in [1.807, 2.05) is 19.3 Å². The van der Waals surface area contributed by atoms with E-state index in [-0.39, 0.29) is 11.9 Å². The number of halogens is 2. The molecule has 2 N–H and O–H groups in total. The molecule has 0 spiro atoms. The van der Waals surface area contributed by atoms with Gasteiger partial charge >= 0.3 is 0 Å². The summed E-state index contributed by atoms with van der Waals surface area (Å²) in [5.74, 6) is -0.307. The van der Waals surface area contributed by atoms with Crippen LogP contribution in [-0.2, 0) is 19.9 Å². The maximum Gasteiger partial charge on any atom is 0.127 e. The molecule has 0 bridgehead atoms. The fourth-order valence-corrected chi connectivity index (χ4v) is 2.14. The zero-order valence-corrected chi connectivity index (χ0v) is 10.9. The van der Waals surface area contributed by atoms with Crippen LogP contribution in [0.25, 0.3) is 0 Å². The Morgan fingerprint density at radius 2 is 2.17 bits per heavy atom. The van der Waals surface area contributed by atoms with Gasteiger partial charge in [0.15, 0.2) is 0 Å². The van der Waals surface area contributed by atoms with E-state index in [2.05, 4.69) is 5.10 Å². The van der Waals surface area contributed by atoms with E-state index in [0.717, 1.165) is 5.69 Å². The number of nitrogens with two attached hydrogens (primary N) is 1. The SMILES string of the molecule is Cn1ccc(CC(N)Cc2c(F)cccc2Cl)n1. The van der Waals surface area contributed by atoms with Crippen molar-refractivity contribution in [3.63, 3.8) is 0 Å². The van der Waals surface area contributed by atoms with Gasteiger partial charge in [0.05, 0.1) is 5.69 Å². The van der Waals surface area contributed by atoms with Crippen molar-refractivity contribution < 1.29 is 4.39 Å². The third kappa shape index (κ3) is 3.09. The lowest BCUT2D eigenvalue weighted by atomic mass is 10.0.